The first-order chi connectivity index (χ1) is 11.1. The van der Waals surface area contributed by atoms with Gasteiger partial charge in [-0.05, 0) is 56.3 Å². The molecule has 0 saturated carbocycles. The maximum absolute atomic E-state index is 12.4. The number of amides is 1. The summed E-state index contributed by atoms with van der Waals surface area (Å²) in [6.45, 7) is 3.24. The van der Waals surface area contributed by atoms with E-state index in [1.54, 1.807) is 18.2 Å². The van der Waals surface area contributed by atoms with E-state index in [0.717, 1.165) is 45.3 Å². The molecule has 3 rings (SSSR count). The Labute approximate surface area is 159 Å². The van der Waals surface area contributed by atoms with Crippen molar-refractivity contribution < 1.29 is 9.53 Å². The van der Waals surface area contributed by atoms with Crippen molar-refractivity contribution in [2.24, 2.45) is 5.92 Å². The highest BCUT2D eigenvalue weighted by Crippen LogP contribution is 2.26. The van der Waals surface area contributed by atoms with Crippen molar-refractivity contribution in [3.8, 4) is 5.75 Å². The first-order valence-corrected chi connectivity index (χ1v) is 8.98. The van der Waals surface area contributed by atoms with E-state index in [2.05, 4.69) is 5.32 Å². The molecule has 0 aliphatic carbocycles. The Balaban J connectivity index is 0.00000208. The van der Waals surface area contributed by atoms with E-state index >= 15 is 0 Å². The highest BCUT2D eigenvalue weighted by Gasteiger charge is 2.29. The Morgan fingerprint density at radius 3 is 2.42 bits per heavy atom. The molecule has 2 aliphatic heterocycles. The Kier molecular flexibility index (Phi) is 7.48. The van der Waals surface area contributed by atoms with E-state index in [1.807, 2.05) is 4.90 Å². The lowest BCUT2D eigenvalue weighted by molar-refractivity contribution is -0.134. The zero-order valence-electron chi connectivity index (χ0n) is 13.5. The summed E-state index contributed by atoms with van der Waals surface area (Å²) in [4.78, 5) is 14.4. The minimum absolute atomic E-state index is 0. The lowest BCUT2D eigenvalue weighted by Crippen LogP contribution is -2.47. The zero-order valence-corrected chi connectivity index (χ0v) is 15.8. The molecule has 1 N–H and O–H groups in total. The van der Waals surface area contributed by atoms with Gasteiger partial charge >= 0.3 is 0 Å². The molecule has 0 bridgehead atoms. The molecule has 2 heterocycles. The maximum atomic E-state index is 12.4. The first-order valence-electron chi connectivity index (χ1n) is 8.23. The largest absolute Gasteiger partial charge is 0.493 e. The molecule has 134 valence electrons. The monoisotopic (exact) mass is 392 g/mol. The molecular formula is C17H23Cl3N2O2. The molecular weight excluding hydrogens is 371 g/mol. The van der Waals surface area contributed by atoms with Gasteiger partial charge in [-0.3, -0.25) is 4.79 Å². The van der Waals surface area contributed by atoms with Gasteiger partial charge in [0.2, 0.25) is 5.91 Å². The Morgan fingerprint density at radius 2 is 1.83 bits per heavy atom. The molecule has 2 saturated heterocycles. The molecule has 1 atom stereocenters. The number of hydrogen-bond acceptors (Lipinski definition) is 3. The van der Waals surface area contributed by atoms with Crippen molar-refractivity contribution in [3.05, 3.63) is 28.2 Å². The van der Waals surface area contributed by atoms with E-state index in [4.69, 9.17) is 27.9 Å². The minimum Gasteiger partial charge on any atom is -0.493 e. The van der Waals surface area contributed by atoms with Gasteiger partial charge < -0.3 is 15.0 Å². The number of likely N-dealkylation sites (tertiary alicyclic amines) is 1. The molecule has 24 heavy (non-hydrogen) atoms. The number of carbonyl (C=O) groups is 1. The number of ether oxygens (including phenoxy) is 1. The van der Waals surface area contributed by atoms with Crippen LogP contribution in [0, 0.1) is 5.92 Å². The lowest BCUT2D eigenvalue weighted by atomic mass is 9.97. The lowest BCUT2D eigenvalue weighted by Gasteiger charge is -2.33. The molecule has 1 aromatic rings. The Morgan fingerprint density at radius 1 is 1.17 bits per heavy atom. The number of hydrogen-bond donors (Lipinski definition) is 1. The summed E-state index contributed by atoms with van der Waals surface area (Å²) in [5, 5.41) is 4.44. The number of carbonyl (C=O) groups excluding carboxylic acids is 1. The second kappa shape index (κ2) is 9.14. The van der Waals surface area contributed by atoms with E-state index in [1.165, 1.54) is 0 Å². The smallest absolute Gasteiger partial charge is 0.239 e. The van der Waals surface area contributed by atoms with E-state index in [-0.39, 0.29) is 24.4 Å². The fraction of sp³-hybridized carbons (Fsp3) is 0.588. The summed E-state index contributed by atoms with van der Waals surface area (Å²) in [5.74, 6) is 1.44. The average Bonchev–Trinajstić information content (AvgIpc) is 3.06. The molecule has 0 spiro atoms. The summed E-state index contributed by atoms with van der Waals surface area (Å²) in [7, 11) is 0. The second-order valence-corrected chi connectivity index (χ2v) is 7.21. The van der Waals surface area contributed by atoms with Crippen LogP contribution in [0.5, 0.6) is 5.75 Å². The highest BCUT2D eigenvalue weighted by atomic mass is 35.5. The van der Waals surface area contributed by atoms with E-state index in [9.17, 15) is 4.79 Å². The van der Waals surface area contributed by atoms with Crippen LogP contribution in [-0.2, 0) is 4.79 Å². The number of piperidine rings is 1. The fourth-order valence-electron chi connectivity index (χ4n) is 3.26. The Bertz CT molecular complexity index is 537. The first kappa shape index (κ1) is 19.6. The van der Waals surface area contributed by atoms with E-state index < -0.39 is 0 Å². The van der Waals surface area contributed by atoms with Gasteiger partial charge in [-0.1, -0.05) is 23.2 Å². The summed E-state index contributed by atoms with van der Waals surface area (Å²) in [5.41, 5.74) is 0. The third-order valence-corrected chi connectivity index (χ3v) is 5.04. The van der Waals surface area contributed by atoms with Crippen LogP contribution in [0.4, 0.5) is 0 Å². The van der Waals surface area contributed by atoms with Crippen LogP contribution in [0.2, 0.25) is 10.0 Å². The average molecular weight is 394 g/mol. The predicted molar refractivity (Wildman–Crippen MR) is 99.5 cm³/mol. The molecule has 0 radical (unpaired) electrons. The van der Waals surface area contributed by atoms with Crippen molar-refractivity contribution in [1.29, 1.82) is 0 Å². The van der Waals surface area contributed by atoms with Gasteiger partial charge in [0.1, 0.15) is 5.75 Å². The van der Waals surface area contributed by atoms with Crippen LogP contribution < -0.4 is 10.1 Å². The highest BCUT2D eigenvalue weighted by molar-refractivity contribution is 6.34. The third-order valence-electron chi connectivity index (χ3n) is 4.61. The van der Waals surface area contributed by atoms with Crippen molar-refractivity contribution in [2.45, 2.75) is 31.7 Å². The van der Waals surface area contributed by atoms with Crippen LogP contribution >= 0.6 is 35.6 Å². The quantitative estimate of drug-likeness (QED) is 0.846. The van der Waals surface area contributed by atoms with E-state index in [0.29, 0.717) is 28.3 Å². The third kappa shape index (κ3) is 5.16. The van der Waals surface area contributed by atoms with Crippen molar-refractivity contribution in [3.63, 3.8) is 0 Å². The van der Waals surface area contributed by atoms with Gasteiger partial charge in [0, 0.05) is 23.1 Å². The summed E-state index contributed by atoms with van der Waals surface area (Å²) in [6, 6.07) is 5.28. The molecule has 7 heteroatoms. The minimum atomic E-state index is 0. The number of nitrogens with one attached hydrogen (secondary N) is 1. The molecule has 1 amide bonds. The molecule has 4 nitrogen and oxygen atoms in total. The van der Waals surface area contributed by atoms with Crippen LogP contribution in [0.1, 0.15) is 25.7 Å². The summed E-state index contributed by atoms with van der Waals surface area (Å²) < 4.78 is 5.82. The topological polar surface area (TPSA) is 41.6 Å². The normalized spacial score (nSPS) is 21.4. The van der Waals surface area contributed by atoms with Crippen molar-refractivity contribution in [2.75, 3.05) is 26.2 Å². The zero-order chi connectivity index (χ0) is 16.2. The van der Waals surface area contributed by atoms with Crippen LogP contribution in [0.25, 0.3) is 0 Å². The SMILES string of the molecule is Cl.O=C(C1CCCN1)N1CCC(COc2cc(Cl)cc(Cl)c2)CC1. The van der Waals surface area contributed by atoms with Gasteiger partial charge in [0.25, 0.3) is 0 Å². The molecule has 1 aromatic carbocycles. The van der Waals surface area contributed by atoms with Gasteiger partial charge in [0.05, 0.1) is 12.6 Å². The molecule has 0 aromatic heterocycles. The predicted octanol–water partition coefficient (Wildman–Crippen LogP) is 3.78. The number of halogens is 3. The Hall–Kier alpha value is -0.680. The van der Waals surface area contributed by atoms with Crippen molar-refractivity contribution >= 4 is 41.5 Å². The maximum Gasteiger partial charge on any atom is 0.239 e. The molecule has 1 unspecified atom stereocenters. The van der Waals surface area contributed by atoms with Gasteiger partial charge in [-0.2, -0.15) is 0 Å². The van der Waals surface area contributed by atoms with Crippen molar-refractivity contribution in [1.82, 2.24) is 10.2 Å². The molecule has 2 fully saturated rings. The number of rotatable bonds is 4. The summed E-state index contributed by atoms with van der Waals surface area (Å²) in [6.07, 6.45) is 4.03. The van der Waals surface area contributed by atoms with Crippen LogP contribution in [0.15, 0.2) is 18.2 Å². The second-order valence-electron chi connectivity index (χ2n) is 6.33. The molecule has 2 aliphatic rings. The standard InChI is InChI=1S/C17H22Cl2N2O2.ClH/c18-13-8-14(19)10-15(9-13)23-11-12-3-6-21(7-4-12)17(22)16-2-1-5-20-16;/h8-10,12,16,20H,1-7,11H2;1H. The number of nitrogens with zero attached hydrogens (tertiary/aromatic N) is 1. The van der Waals surface area contributed by atoms with Gasteiger partial charge in [-0.15, -0.1) is 12.4 Å². The van der Waals surface area contributed by atoms with Crippen LogP contribution in [-0.4, -0.2) is 43.1 Å². The summed E-state index contributed by atoms with van der Waals surface area (Å²) >= 11 is 11.9. The fourth-order valence-corrected chi connectivity index (χ4v) is 3.77. The number of benzene rings is 1. The van der Waals surface area contributed by atoms with Gasteiger partial charge in [-0.25, -0.2) is 0 Å². The van der Waals surface area contributed by atoms with Gasteiger partial charge in [0.15, 0.2) is 0 Å². The van der Waals surface area contributed by atoms with Crippen LogP contribution in [0.3, 0.4) is 0 Å².